The molecule has 1 aliphatic carbocycles. The summed E-state index contributed by atoms with van der Waals surface area (Å²) in [4.78, 5) is 25.6. The zero-order valence-corrected chi connectivity index (χ0v) is 23.7. The third-order valence-corrected chi connectivity index (χ3v) is 9.89. The quantitative estimate of drug-likeness (QED) is 0.138. The van der Waals surface area contributed by atoms with Crippen molar-refractivity contribution < 1.29 is 14.3 Å². The maximum Gasteiger partial charge on any atom is 0.407 e. The first kappa shape index (κ1) is 28.0. The predicted molar refractivity (Wildman–Crippen MR) is 157 cm³/mol. The topological polar surface area (TPSA) is 86.2 Å². The van der Waals surface area contributed by atoms with Crippen LogP contribution in [0.1, 0.15) is 25.7 Å². The monoisotopic (exact) mass is 540 g/mol. The molecule has 0 bridgehead atoms. The first-order valence-corrected chi connectivity index (χ1v) is 16.7. The van der Waals surface area contributed by atoms with Crippen molar-refractivity contribution in [2.75, 3.05) is 19.8 Å². The van der Waals surface area contributed by atoms with Crippen LogP contribution >= 0.6 is 0 Å². The summed E-state index contributed by atoms with van der Waals surface area (Å²) in [6, 6.07) is 16.4. The summed E-state index contributed by atoms with van der Waals surface area (Å²) in [6.07, 6.45) is 12.9. The van der Waals surface area contributed by atoms with Gasteiger partial charge >= 0.3 is 6.09 Å². The maximum atomic E-state index is 12.0. The molecule has 39 heavy (non-hydrogen) atoms. The SMILES string of the molecule is C[Si](C)(CCCOC(=O)NCCCCCOc1cc(-c2ccccn2)nc(-c2ccccn2)c1)C1=C=CC=C1. The lowest BCUT2D eigenvalue weighted by Gasteiger charge is -2.21. The van der Waals surface area contributed by atoms with Crippen molar-refractivity contribution in [3.8, 4) is 28.5 Å². The number of alkyl carbamates (subject to hydrolysis) is 1. The number of pyridine rings is 3. The number of hydrogen-bond donors (Lipinski definition) is 1. The molecule has 1 N–H and O–H groups in total. The number of rotatable bonds is 14. The number of ether oxygens (including phenoxy) is 2. The molecule has 0 aliphatic heterocycles. The molecule has 7 nitrogen and oxygen atoms in total. The van der Waals surface area contributed by atoms with Crippen LogP contribution in [0.15, 0.2) is 90.1 Å². The molecule has 3 heterocycles. The first-order chi connectivity index (χ1) is 19.0. The number of unbranched alkanes of at least 4 members (excludes halogenated alkanes) is 2. The van der Waals surface area contributed by atoms with Crippen molar-refractivity contribution in [3.05, 3.63) is 90.1 Å². The van der Waals surface area contributed by atoms with Gasteiger partial charge in [-0.3, -0.25) is 9.97 Å². The second-order valence-electron chi connectivity index (χ2n) is 10.0. The Kier molecular flexibility index (Phi) is 10.2. The highest BCUT2D eigenvalue weighted by Crippen LogP contribution is 2.27. The van der Waals surface area contributed by atoms with E-state index in [-0.39, 0.29) is 6.09 Å². The number of aromatic nitrogens is 3. The minimum atomic E-state index is -1.50. The van der Waals surface area contributed by atoms with Gasteiger partial charge in [-0.15, -0.1) is 5.73 Å². The fourth-order valence-electron chi connectivity index (χ4n) is 4.28. The fraction of sp³-hybridized carbons (Fsp3) is 0.323. The van der Waals surface area contributed by atoms with Gasteiger partial charge in [0.05, 0.1) is 44.1 Å². The molecule has 0 atom stereocenters. The van der Waals surface area contributed by atoms with Gasteiger partial charge in [0.1, 0.15) is 5.75 Å². The van der Waals surface area contributed by atoms with Gasteiger partial charge in [-0.05, 0) is 67.3 Å². The molecule has 1 aliphatic rings. The van der Waals surface area contributed by atoms with Crippen molar-refractivity contribution in [1.82, 2.24) is 20.3 Å². The van der Waals surface area contributed by atoms with E-state index in [1.54, 1.807) is 12.4 Å². The molecular formula is C31H36N4O3Si. The van der Waals surface area contributed by atoms with Crippen LogP contribution in [0.3, 0.4) is 0 Å². The molecule has 0 saturated carbocycles. The molecule has 1 amide bonds. The lowest BCUT2D eigenvalue weighted by atomic mass is 10.2. The van der Waals surface area contributed by atoms with Crippen LogP contribution in [0.2, 0.25) is 19.1 Å². The van der Waals surface area contributed by atoms with E-state index in [9.17, 15) is 4.79 Å². The van der Waals surface area contributed by atoms with Gasteiger partial charge in [0, 0.05) is 31.1 Å². The van der Waals surface area contributed by atoms with Crippen LogP contribution in [-0.4, -0.2) is 48.9 Å². The van der Waals surface area contributed by atoms with Crippen LogP contribution < -0.4 is 10.1 Å². The van der Waals surface area contributed by atoms with E-state index >= 15 is 0 Å². The minimum Gasteiger partial charge on any atom is -0.493 e. The fourth-order valence-corrected chi connectivity index (χ4v) is 6.60. The number of carbonyl (C=O) groups is 1. The summed E-state index contributed by atoms with van der Waals surface area (Å²) in [5.74, 6) is 0.732. The second-order valence-corrected chi connectivity index (χ2v) is 14.9. The van der Waals surface area contributed by atoms with Crippen LogP contribution in [0.25, 0.3) is 22.8 Å². The summed E-state index contributed by atoms with van der Waals surface area (Å²) >= 11 is 0. The molecule has 0 spiro atoms. The standard InChI is InChI=1S/C31H36N4O3Si/c1-39(2,26-13-4-5-14-26)22-12-21-38-31(36)34-19-8-3-11-20-37-25-23-29(27-15-6-9-17-32-27)35-30(24-25)28-16-7-10-18-33-28/h4-7,9-10,13,15-18,23-24H,3,8,11-12,19-22H2,1-2H3,(H,34,36). The molecule has 0 unspecified atom stereocenters. The van der Waals surface area contributed by atoms with Crippen LogP contribution in [-0.2, 0) is 4.74 Å². The molecule has 0 fully saturated rings. The number of carbonyl (C=O) groups excluding carboxylic acids is 1. The van der Waals surface area contributed by atoms with Gasteiger partial charge < -0.3 is 14.8 Å². The predicted octanol–water partition coefficient (Wildman–Crippen LogP) is 6.77. The van der Waals surface area contributed by atoms with Gasteiger partial charge in [-0.2, -0.15) is 0 Å². The number of nitrogens with one attached hydrogen (secondary N) is 1. The summed E-state index contributed by atoms with van der Waals surface area (Å²) in [7, 11) is -1.50. The average molecular weight is 541 g/mol. The van der Waals surface area contributed by atoms with Crippen LogP contribution in [0, 0.1) is 0 Å². The number of nitrogens with zero attached hydrogens (tertiary/aromatic N) is 3. The van der Waals surface area contributed by atoms with E-state index in [0.29, 0.717) is 19.8 Å². The summed E-state index contributed by atoms with van der Waals surface area (Å²) in [6.45, 7) is 6.26. The van der Waals surface area contributed by atoms with Crippen molar-refractivity contribution in [2.45, 2.75) is 44.8 Å². The van der Waals surface area contributed by atoms with E-state index in [2.05, 4.69) is 40.2 Å². The molecule has 4 rings (SSSR count). The van der Waals surface area contributed by atoms with E-state index < -0.39 is 8.07 Å². The summed E-state index contributed by atoms with van der Waals surface area (Å²) in [5.41, 5.74) is 6.38. The Morgan fingerprint density at radius 1 is 0.897 bits per heavy atom. The number of allylic oxidation sites excluding steroid dienone is 3. The Morgan fingerprint density at radius 3 is 2.23 bits per heavy atom. The molecule has 3 aromatic heterocycles. The lowest BCUT2D eigenvalue weighted by Crippen LogP contribution is -2.29. The summed E-state index contributed by atoms with van der Waals surface area (Å²) < 4.78 is 11.4. The zero-order valence-electron chi connectivity index (χ0n) is 22.7. The zero-order chi connectivity index (χ0) is 27.3. The summed E-state index contributed by atoms with van der Waals surface area (Å²) in [5, 5.41) is 4.18. The average Bonchev–Trinajstić information content (AvgIpc) is 3.52. The first-order valence-electron chi connectivity index (χ1n) is 13.5. The number of hydrogen-bond acceptors (Lipinski definition) is 6. The van der Waals surface area contributed by atoms with E-state index in [4.69, 9.17) is 14.5 Å². The minimum absolute atomic E-state index is 0.341. The molecule has 202 valence electrons. The Balaban J connectivity index is 1.15. The van der Waals surface area contributed by atoms with Gasteiger partial charge in [0.2, 0.25) is 0 Å². The highest BCUT2D eigenvalue weighted by molar-refractivity contribution is 6.84. The van der Waals surface area contributed by atoms with Gasteiger partial charge in [-0.25, -0.2) is 9.78 Å². The van der Waals surface area contributed by atoms with Crippen molar-refractivity contribution in [1.29, 1.82) is 0 Å². The van der Waals surface area contributed by atoms with E-state index in [1.807, 2.05) is 60.7 Å². The highest BCUT2D eigenvalue weighted by Gasteiger charge is 2.24. The van der Waals surface area contributed by atoms with Gasteiger partial charge in [0.15, 0.2) is 0 Å². The Labute approximate surface area is 231 Å². The lowest BCUT2D eigenvalue weighted by molar-refractivity contribution is 0.146. The van der Waals surface area contributed by atoms with Gasteiger partial charge in [0.25, 0.3) is 0 Å². The van der Waals surface area contributed by atoms with Crippen molar-refractivity contribution in [2.24, 2.45) is 0 Å². The van der Waals surface area contributed by atoms with Crippen molar-refractivity contribution >= 4 is 14.2 Å². The van der Waals surface area contributed by atoms with E-state index in [0.717, 1.165) is 60.3 Å². The Morgan fingerprint density at radius 2 is 1.62 bits per heavy atom. The largest absolute Gasteiger partial charge is 0.493 e. The highest BCUT2D eigenvalue weighted by atomic mass is 28.3. The smallest absolute Gasteiger partial charge is 0.407 e. The molecule has 0 aromatic carbocycles. The Hall–Kier alpha value is -4.00. The molecule has 0 saturated heterocycles. The normalized spacial score (nSPS) is 12.3. The van der Waals surface area contributed by atoms with Crippen molar-refractivity contribution in [3.63, 3.8) is 0 Å². The van der Waals surface area contributed by atoms with E-state index in [1.165, 1.54) is 5.20 Å². The molecule has 3 aromatic rings. The molecular weight excluding hydrogens is 504 g/mol. The van der Waals surface area contributed by atoms with Crippen LogP contribution in [0.4, 0.5) is 4.79 Å². The molecule has 0 radical (unpaired) electrons. The van der Waals surface area contributed by atoms with Gasteiger partial charge in [-0.1, -0.05) is 37.4 Å². The second kappa shape index (κ2) is 14.2. The third kappa shape index (κ3) is 8.77. The third-order valence-electron chi connectivity index (χ3n) is 6.52. The maximum absolute atomic E-state index is 12.0. The Bertz CT molecular complexity index is 1260. The molecule has 8 heteroatoms. The number of amides is 1. The van der Waals surface area contributed by atoms with Crippen LogP contribution in [0.5, 0.6) is 5.75 Å².